The summed E-state index contributed by atoms with van der Waals surface area (Å²) in [6.45, 7) is 9.73. The van der Waals surface area contributed by atoms with Crippen molar-refractivity contribution in [3.63, 3.8) is 0 Å². The van der Waals surface area contributed by atoms with Gasteiger partial charge in [-0.05, 0) is 39.7 Å². The Bertz CT molecular complexity index is 232. The zero-order valence-corrected chi connectivity index (χ0v) is 13.9. The summed E-state index contributed by atoms with van der Waals surface area (Å²) < 4.78 is 0. The molecular weight excluding hydrogens is 285 g/mol. The van der Waals surface area contributed by atoms with Crippen molar-refractivity contribution in [2.45, 2.75) is 52.1 Å². The molecule has 0 aromatic carbocycles. The maximum absolute atomic E-state index is 11.7. The van der Waals surface area contributed by atoms with Gasteiger partial charge in [0.1, 0.15) is 0 Å². The van der Waals surface area contributed by atoms with Gasteiger partial charge < -0.3 is 10.6 Å². The fourth-order valence-electron chi connectivity index (χ4n) is 2.37. The zero-order valence-electron chi connectivity index (χ0n) is 12.3. The van der Waals surface area contributed by atoms with Crippen LogP contribution >= 0.6 is 24.8 Å². The first-order valence-electron chi connectivity index (χ1n) is 6.88. The van der Waals surface area contributed by atoms with Crippen LogP contribution in [-0.4, -0.2) is 49.1 Å². The van der Waals surface area contributed by atoms with Crippen LogP contribution in [0.15, 0.2) is 0 Å². The molecule has 2 N–H and O–H groups in total. The van der Waals surface area contributed by atoms with Crippen molar-refractivity contribution in [3.05, 3.63) is 0 Å². The lowest BCUT2D eigenvalue weighted by Crippen LogP contribution is -2.43. The third kappa shape index (κ3) is 7.98. The Hall–Kier alpha value is -0.0300. The summed E-state index contributed by atoms with van der Waals surface area (Å²) in [6.07, 6.45) is 3.57. The van der Waals surface area contributed by atoms with E-state index in [-0.39, 0.29) is 30.7 Å². The highest BCUT2D eigenvalue weighted by Gasteiger charge is 2.28. The second-order valence-electron chi connectivity index (χ2n) is 5.05. The van der Waals surface area contributed by atoms with E-state index in [0.717, 1.165) is 26.1 Å². The monoisotopic (exact) mass is 313 g/mol. The van der Waals surface area contributed by atoms with E-state index in [2.05, 4.69) is 36.3 Å². The highest BCUT2D eigenvalue weighted by molar-refractivity contribution is 5.85. The van der Waals surface area contributed by atoms with Crippen LogP contribution in [0.1, 0.15) is 40.0 Å². The summed E-state index contributed by atoms with van der Waals surface area (Å²) >= 11 is 0. The van der Waals surface area contributed by atoms with Crippen LogP contribution in [0.25, 0.3) is 0 Å². The van der Waals surface area contributed by atoms with Gasteiger partial charge in [-0.15, -0.1) is 24.8 Å². The van der Waals surface area contributed by atoms with Gasteiger partial charge in [-0.3, -0.25) is 9.69 Å². The molecule has 1 aliphatic rings. The van der Waals surface area contributed by atoms with Gasteiger partial charge in [-0.25, -0.2) is 0 Å². The molecule has 0 aromatic heterocycles. The normalized spacial score (nSPS) is 22.5. The van der Waals surface area contributed by atoms with Gasteiger partial charge >= 0.3 is 0 Å². The van der Waals surface area contributed by atoms with Gasteiger partial charge in [0.2, 0.25) is 5.91 Å². The van der Waals surface area contributed by atoms with Crippen LogP contribution < -0.4 is 10.6 Å². The van der Waals surface area contributed by atoms with Crippen LogP contribution in [0, 0.1) is 0 Å². The van der Waals surface area contributed by atoms with Crippen LogP contribution in [0.5, 0.6) is 0 Å². The highest BCUT2D eigenvalue weighted by atomic mass is 35.5. The van der Waals surface area contributed by atoms with Crippen molar-refractivity contribution in [1.82, 2.24) is 15.5 Å². The van der Waals surface area contributed by atoms with E-state index < -0.39 is 0 Å². The maximum Gasteiger partial charge on any atom is 0.234 e. The summed E-state index contributed by atoms with van der Waals surface area (Å²) in [5.74, 6) is 0.156. The standard InChI is InChI=1S/C13H27N3O.2ClH/c1-4-7-14-8-9-15-13(17)10-16-11(2)5-6-12(16)3;;/h11-12,14H,4-10H2,1-3H3,(H,15,17);2*1H. The SMILES string of the molecule is CCCNCCNC(=O)CN1C(C)CCC1C.Cl.Cl. The van der Waals surface area contributed by atoms with Crippen molar-refractivity contribution in [1.29, 1.82) is 0 Å². The molecule has 0 bridgehead atoms. The number of likely N-dealkylation sites (tertiary alicyclic amines) is 1. The molecule has 19 heavy (non-hydrogen) atoms. The Kier molecular flexibility index (Phi) is 13.2. The smallest absolute Gasteiger partial charge is 0.234 e. The van der Waals surface area contributed by atoms with Gasteiger partial charge in [0, 0.05) is 25.2 Å². The molecule has 1 aliphatic heterocycles. The summed E-state index contributed by atoms with van der Waals surface area (Å²) in [6, 6.07) is 1.10. The molecule has 0 aromatic rings. The number of halogens is 2. The minimum Gasteiger partial charge on any atom is -0.354 e. The van der Waals surface area contributed by atoms with E-state index in [4.69, 9.17) is 0 Å². The first kappa shape index (κ1) is 21.3. The Morgan fingerprint density at radius 1 is 1.11 bits per heavy atom. The minimum atomic E-state index is 0. The highest BCUT2D eigenvalue weighted by Crippen LogP contribution is 2.22. The second-order valence-corrected chi connectivity index (χ2v) is 5.05. The molecule has 6 heteroatoms. The molecular formula is C13H29Cl2N3O. The topological polar surface area (TPSA) is 44.4 Å². The number of carbonyl (C=O) groups is 1. The lowest BCUT2D eigenvalue weighted by Gasteiger charge is -2.25. The van der Waals surface area contributed by atoms with Gasteiger partial charge in [0.05, 0.1) is 6.54 Å². The third-order valence-electron chi connectivity index (χ3n) is 3.51. The van der Waals surface area contributed by atoms with E-state index in [1.165, 1.54) is 12.8 Å². The van der Waals surface area contributed by atoms with E-state index >= 15 is 0 Å². The molecule has 2 atom stereocenters. The van der Waals surface area contributed by atoms with Crippen molar-refractivity contribution >= 4 is 30.7 Å². The van der Waals surface area contributed by atoms with Crippen molar-refractivity contribution in [2.24, 2.45) is 0 Å². The van der Waals surface area contributed by atoms with E-state index in [1.54, 1.807) is 0 Å². The Balaban J connectivity index is 0. The Morgan fingerprint density at radius 2 is 1.68 bits per heavy atom. The molecule has 0 radical (unpaired) electrons. The predicted molar refractivity (Wildman–Crippen MR) is 85.5 cm³/mol. The molecule has 1 rings (SSSR count). The van der Waals surface area contributed by atoms with Crippen LogP contribution in [-0.2, 0) is 4.79 Å². The molecule has 0 aliphatic carbocycles. The summed E-state index contributed by atoms with van der Waals surface area (Å²) in [7, 11) is 0. The third-order valence-corrected chi connectivity index (χ3v) is 3.51. The van der Waals surface area contributed by atoms with Crippen LogP contribution in [0.2, 0.25) is 0 Å². The van der Waals surface area contributed by atoms with Crippen LogP contribution in [0.3, 0.4) is 0 Å². The first-order valence-corrected chi connectivity index (χ1v) is 6.88. The van der Waals surface area contributed by atoms with Crippen molar-refractivity contribution < 1.29 is 4.79 Å². The lowest BCUT2D eigenvalue weighted by atomic mass is 10.2. The molecule has 1 saturated heterocycles. The van der Waals surface area contributed by atoms with Crippen molar-refractivity contribution in [2.75, 3.05) is 26.2 Å². The summed E-state index contributed by atoms with van der Waals surface area (Å²) in [4.78, 5) is 14.0. The quantitative estimate of drug-likeness (QED) is 0.705. The lowest BCUT2D eigenvalue weighted by molar-refractivity contribution is -0.122. The fourth-order valence-corrected chi connectivity index (χ4v) is 2.37. The van der Waals surface area contributed by atoms with Crippen LogP contribution in [0.4, 0.5) is 0 Å². The number of carbonyl (C=O) groups excluding carboxylic acids is 1. The maximum atomic E-state index is 11.7. The summed E-state index contributed by atoms with van der Waals surface area (Å²) in [5, 5.41) is 6.24. The zero-order chi connectivity index (χ0) is 12.7. The molecule has 1 heterocycles. The Morgan fingerprint density at radius 3 is 2.21 bits per heavy atom. The molecule has 2 unspecified atom stereocenters. The average Bonchev–Trinajstić information content (AvgIpc) is 2.60. The van der Waals surface area contributed by atoms with Gasteiger partial charge in [-0.2, -0.15) is 0 Å². The van der Waals surface area contributed by atoms with Crippen molar-refractivity contribution in [3.8, 4) is 0 Å². The largest absolute Gasteiger partial charge is 0.354 e. The molecule has 0 saturated carbocycles. The van der Waals surface area contributed by atoms with Gasteiger partial charge in [0.25, 0.3) is 0 Å². The number of rotatable bonds is 7. The first-order chi connectivity index (χ1) is 8.15. The number of nitrogens with zero attached hydrogens (tertiary/aromatic N) is 1. The number of amides is 1. The molecule has 4 nitrogen and oxygen atoms in total. The van der Waals surface area contributed by atoms with E-state index in [9.17, 15) is 4.79 Å². The predicted octanol–water partition coefficient (Wildman–Crippen LogP) is 1.82. The van der Waals surface area contributed by atoms with Gasteiger partial charge in [0.15, 0.2) is 0 Å². The molecule has 1 amide bonds. The second kappa shape index (κ2) is 11.8. The average molecular weight is 314 g/mol. The number of hydrogen-bond donors (Lipinski definition) is 2. The van der Waals surface area contributed by atoms with E-state index in [0.29, 0.717) is 18.6 Å². The van der Waals surface area contributed by atoms with E-state index in [1.807, 2.05) is 0 Å². The fraction of sp³-hybridized carbons (Fsp3) is 0.923. The number of hydrogen-bond acceptors (Lipinski definition) is 3. The molecule has 1 fully saturated rings. The van der Waals surface area contributed by atoms with Gasteiger partial charge in [-0.1, -0.05) is 6.92 Å². The summed E-state index contributed by atoms with van der Waals surface area (Å²) in [5.41, 5.74) is 0. The molecule has 0 spiro atoms. The molecule has 116 valence electrons. The number of nitrogens with one attached hydrogen (secondary N) is 2. The minimum absolute atomic E-state index is 0. The Labute approximate surface area is 129 Å².